The van der Waals surface area contributed by atoms with Crippen molar-refractivity contribution in [2.45, 2.75) is 33.0 Å². The van der Waals surface area contributed by atoms with Crippen LogP contribution in [0.4, 0.5) is 17.8 Å². The standard InChI is InChI=1S/C33H42N6O6/c1-2-20-44-29-13-7-4-9-25(29)22-34-31-35-32(38(15-17-40)23-26-10-3-6-12-28(26)43)37-33(36-31)39(16-18-41)24-27-11-5-8-14-30(27)45-21-19-42/h3-14,40-43H,2,15-24H2,1H3,(H,34,35,36,37). The summed E-state index contributed by atoms with van der Waals surface area (Å²) in [5, 5.41) is 43.0. The second kappa shape index (κ2) is 17.6. The van der Waals surface area contributed by atoms with Gasteiger partial charge in [-0.3, -0.25) is 0 Å². The number of nitrogens with zero attached hydrogens (tertiary/aromatic N) is 5. The van der Waals surface area contributed by atoms with Gasteiger partial charge in [-0.1, -0.05) is 61.5 Å². The number of para-hydroxylation sites is 3. The summed E-state index contributed by atoms with van der Waals surface area (Å²) in [5.41, 5.74) is 2.39. The summed E-state index contributed by atoms with van der Waals surface area (Å²) >= 11 is 0. The number of nitrogens with one attached hydrogen (secondary N) is 1. The third kappa shape index (κ3) is 9.67. The summed E-state index contributed by atoms with van der Waals surface area (Å²) in [7, 11) is 0. The van der Waals surface area contributed by atoms with E-state index in [2.05, 4.69) is 12.2 Å². The van der Waals surface area contributed by atoms with Crippen molar-refractivity contribution in [3.63, 3.8) is 0 Å². The SMILES string of the molecule is CCCOc1ccccc1CNc1nc(N(CCO)Cc2ccccc2O)nc(N(CCO)Cc2ccccc2OCCO)n1. The van der Waals surface area contributed by atoms with Crippen LogP contribution in [-0.2, 0) is 19.6 Å². The van der Waals surface area contributed by atoms with E-state index in [1.54, 1.807) is 23.1 Å². The highest BCUT2D eigenvalue weighted by molar-refractivity contribution is 5.49. The van der Waals surface area contributed by atoms with Crippen molar-refractivity contribution < 1.29 is 29.9 Å². The first-order valence-electron chi connectivity index (χ1n) is 15.1. The van der Waals surface area contributed by atoms with Crippen LogP contribution < -0.4 is 24.6 Å². The Labute approximate surface area is 263 Å². The van der Waals surface area contributed by atoms with Gasteiger partial charge in [0.1, 0.15) is 23.9 Å². The minimum atomic E-state index is -0.171. The number of rotatable bonds is 19. The maximum Gasteiger partial charge on any atom is 0.232 e. The van der Waals surface area contributed by atoms with Gasteiger partial charge in [0, 0.05) is 49.4 Å². The predicted molar refractivity (Wildman–Crippen MR) is 173 cm³/mol. The lowest BCUT2D eigenvalue weighted by molar-refractivity contribution is 0.200. The molecule has 45 heavy (non-hydrogen) atoms. The van der Waals surface area contributed by atoms with Crippen LogP contribution in [0.15, 0.2) is 72.8 Å². The molecule has 0 bridgehead atoms. The average Bonchev–Trinajstić information content (AvgIpc) is 3.06. The minimum absolute atomic E-state index is 0.120. The van der Waals surface area contributed by atoms with Crippen LogP contribution in [0.25, 0.3) is 0 Å². The van der Waals surface area contributed by atoms with Gasteiger partial charge in [0.05, 0.1) is 26.4 Å². The first-order chi connectivity index (χ1) is 22.1. The third-order valence-electron chi connectivity index (χ3n) is 6.82. The van der Waals surface area contributed by atoms with E-state index in [-0.39, 0.29) is 63.7 Å². The van der Waals surface area contributed by atoms with E-state index in [1.165, 1.54) is 0 Å². The van der Waals surface area contributed by atoms with Crippen LogP contribution in [0.3, 0.4) is 0 Å². The second-order valence-corrected chi connectivity index (χ2v) is 10.2. The van der Waals surface area contributed by atoms with Gasteiger partial charge in [-0.2, -0.15) is 15.0 Å². The van der Waals surface area contributed by atoms with Crippen molar-refractivity contribution in [2.24, 2.45) is 0 Å². The molecule has 0 atom stereocenters. The molecular formula is C33H42N6O6. The fourth-order valence-corrected chi connectivity index (χ4v) is 4.62. The molecule has 0 aliphatic carbocycles. The van der Waals surface area contributed by atoms with Crippen molar-refractivity contribution in [3.8, 4) is 17.2 Å². The Morgan fingerprint density at radius 3 is 1.78 bits per heavy atom. The summed E-state index contributed by atoms with van der Waals surface area (Å²) < 4.78 is 11.7. The Hall–Kier alpha value is -4.65. The number of phenolic OH excluding ortho intramolecular Hbond substituents is 1. The maximum atomic E-state index is 10.5. The molecule has 4 aromatic rings. The zero-order chi connectivity index (χ0) is 31.9. The van der Waals surface area contributed by atoms with Crippen LogP contribution >= 0.6 is 0 Å². The Kier molecular flexibility index (Phi) is 13.0. The third-order valence-corrected chi connectivity index (χ3v) is 6.82. The second-order valence-electron chi connectivity index (χ2n) is 10.2. The number of aliphatic hydroxyl groups excluding tert-OH is 3. The van der Waals surface area contributed by atoms with E-state index in [0.29, 0.717) is 37.0 Å². The molecule has 0 fully saturated rings. The smallest absolute Gasteiger partial charge is 0.232 e. The molecule has 0 amide bonds. The van der Waals surface area contributed by atoms with Crippen molar-refractivity contribution in [1.82, 2.24) is 15.0 Å². The number of benzene rings is 3. The zero-order valence-corrected chi connectivity index (χ0v) is 25.5. The monoisotopic (exact) mass is 618 g/mol. The highest BCUT2D eigenvalue weighted by atomic mass is 16.5. The Balaban J connectivity index is 1.72. The molecule has 0 unspecified atom stereocenters. The van der Waals surface area contributed by atoms with Gasteiger partial charge in [-0.25, -0.2) is 0 Å². The Bertz CT molecular complexity index is 1480. The fraction of sp³-hybridized carbons (Fsp3) is 0.364. The molecule has 0 aliphatic rings. The van der Waals surface area contributed by atoms with E-state index < -0.39 is 0 Å². The molecule has 240 valence electrons. The molecule has 0 saturated heterocycles. The Morgan fingerprint density at radius 1 is 0.644 bits per heavy atom. The molecule has 1 aromatic heterocycles. The van der Waals surface area contributed by atoms with Crippen LogP contribution in [0, 0.1) is 0 Å². The average molecular weight is 619 g/mol. The first-order valence-corrected chi connectivity index (χ1v) is 15.1. The van der Waals surface area contributed by atoms with E-state index in [4.69, 9.17) is 24.4 Å². The summed E-state index contributed by atoms with van der Waals surface area (Å²) in [6.07, 6.45) is 0.883. The van der Waals surface area contributed by atoms with Crippen molar-refractivity contribution in [2.75, 3.05) is 61.2 Å². The van der Waals surface area contributed by atoms with Crippen LogP contribution in [0.2, 0.25) is 0 Å². The van der Waals surface area contributed by atoms with Crippen LogP contribution in [0.1, 0.15) is 30.0 Å². The quantitative estimate of drug-likeness (QED) is 0.105. The van der Waals surface area contributed by atoms with Gasteiger partial charge in [0.15, 0.2) is 0 Å². The number of aromatic nitrogens is 3. The molecule has 0 saturated carbocycles. The van der Waals surface area contributed by atoms with Crippen molar-refractivity contribution >= 4 is 17.8 Å². The minimum Gasteiger partial charge on any atom is -0.508 e. The summed E-state index contributed by atoms with van der Waals surface area (Å²) in [5.74, 6) is 2.36. The topological polar surface area (TPSA) is 157 Å². The number of ether oxygens (including phenoxy) is 2. The molecule has 3 aromatic carbocycles. The van der Waals surface area contributed by atoms with Crippen molar-refractivity contribution in [1.29, 1.82) is 0 Å². The Morgan fingerprint density at radius 2 is 1.18 bits per heavy atom. The largest absolute Gasteiger partial charge is 0.508 e. The normalized spacial score (nSPS) is 10.8. The molecule has 0 radical (unpaired) electrons. The van der Waals surface area contributed by atoms with Gasteiger partial charge in [0.25, 0.3) is 0 Å². The fourth-order valence-electron chi connectivity index (χ4n) is 4.62. The molecule has 4 rings (SSSR count). The van der Waals surface area contributed by atoms with Crippen LogP contribution in [-0.4, -0.2) is 81.5 Å². The number of hydrogen-bond acceptors (Lipinski definition) is 12. The van der Waals surface area contributed by atoms with Gasteiger partial charge < -0.3 is 45.0 Å². The molecule has 12 heteroatoms. The number of aliphatic hydroxyl groups is 3. The molecule has 0 spiro atoms. The summed E-state index contributed by atoms with van der Waals surface area (Å²) in [6.45, 7) is 3.67. The van der Waals surface area contributed by atoms with Gasteiger partial charge in [0.2, 0.25) is 17.8 Å². The predicted octanol–water partition coefficient (Wildman–Crippen LogP) is 3.35. The lowest BCUT2D eigenvalue weighted by Crippen LogP contribution is -2.32. The first kappa shape index (κ1) is 33.2. The molecule has 1 heterocycles. The lowest BCUT2D eigenvalue weighted by atomic mass is 10.2. The van der Waals surface area contributed by atoms with Crippen LogP contribution in [0.5, 0.6) is 17.2 Å². The van der Waals surface area contributed by atoms with Gasteiger partial charge in [-0.15, -0.1) is 0 Å². The summed E-state index contributed by atoms with van der Waals surface area (Å²) in [6, 6.07) is 22.2. The van der Waals surface area contributed by atoms with Crippen molar-refractivity contribution in [3.05, 3.63) is 89.5 Å². The van der Waals surface area contributed by atoms with Gasteiger partial charge >= 0.3 is 0 Å². The number of phenols is 1. The molecule has 12 nitrogen and oxygen atoms in total. The number of anilines is 3. The highest BCUT2D eigenvalue weighted by Gasteiger charge is 2.20. The van der Waals surface area contributed by atoms with Gasteiger partial charge in [-0.05, 0) is 24.6 Å². The van der Waals surface area contributed by atoms with E-state index in [9.17, 15) is 20.4 Å². The van der Waals surface area contributed by atoms with E-state index >= 15 is 0 Å². The molecule has 0 aliphatic heterocycles. The number of hydrogen-bond donors (Lipinski definition) is 5. The molecule has 5 N–H and O–H groups in total. The van der Waals surface area contributed by atoms with E-state index in [1.807, 2.05) is 59.5 Å². The number of aromatic hydroxyl groups is 1. The van der Waals surface area contributed by atoms with E-state index in [0.717, 1.165) is 23.3 Å². The molecular weight excluding hydrogens is 576 g/mol. The highest BCUT2D eigenvalue weighted by Crippen LogP contribution is 2.26. The summed E-state index contributed by atoms with van der Waals surface area (Å²) in [4.78, 5) is 17.8. The maximum absolute atomic E-state index is 10.5. The zero-order valence-electron chi connectivity index (χ0n) is 25.5. The lowest BCUT2D eigenvalue weighted by Gasteiger charge is -2.27.